The maximum absolute atomic E-state index is 12.6. The van der Waals surface area contributed by atoms with E-state index >= 15 is 0 Å². The third-order valence-electron chi connectivity index (χ3n) is 1.29. The zero-order chi connectivity index (χ0) is 10.0. The minimum absolute atomic E-state index is 0.363. The van der Waals surface area contributed by atoms with Gasteiger partial charge >= 0.3 is 5.82 Å². The van der Waals surface area contributed by atoms with Gasteiger partial charge in [-0.1, -0.05) is 0 Å². The van der Waals surface area contributed by atoms with Crippen LogP contribution in [0, 0.1) is 15.9 Å². The highest BCUT2D eigenvalue weighted by Gasteiger charge is 2.19. The summed E-state index contributed by atoms with van der Waals surface area (Å²) in [7, 11) is 0. The predicted octanol–water partition coefficient (Wildman–Crippen LogP) is 2.07. The maximum Gasteiger partial charge on any atom is 0.366 e. The van der Waals surface area contributed by atoms with Crippen molar-refractivity contribution < 1.29 is 18.1 Å². The van der Waals surface area contributed by atoms with E-state index in [1.165, 1.54) is 0 Å². The number of hydrogen-bond acceptors (Lipinski definition) is 3. The summed E-state index contributed by atoms with van der Waals surface area (Å²) in [5, 5.41) is 10.0. The van der Waals surface area contributed by atoms with Gasteiger partial charge in [0, 0.05) is 0 Å². The smallest absolute Gasteiger partial charge is 0.358 e. The van der Waals surface area contributed by atoms with Crippen molar-refractivity contribution in [1.82, 2.24) is 4.98 Å². The van der Waals surface area contributed by atoms with Gasteiger partial charge in [-0.3, -0.25) is 0 Å². The monoisotopic (exact) mass is 192 g/mol. The molecule has 1 aromatic rings. The molecule has 0 aromatic carbocycles. The van der Waals surface area contributed by atoms with Gasteiger partial charge in [-0.2, -0.15) is 0 Å². The van der Waals surface area contributed by atoms with E-state index in [1.54, 1.807) is 0 Å². The van der Waals surface area contributed by atoms with Crippen LogP contribution in [0.5, 0.6) is 0 Å². The van der Waals surface area contributed by atoms with E-state index in [1.807, 2.05) is 0 Å². The fraction of sp³-hybridized carbons (Fsp3) is 0.167. The average Bonchev–Trinajstić information content (AvgIpc) is 2.03. The summed E-state index contributed by atoms with van der Waals surface area (Å²) >= 11 is 0. The van der Waals surface area contributed by atoms with E-state index in [0.717, 1.165) is 0 Å². The molecule has 0 atom stereocenters. The number of pyridine rings is 1. The molecule has 1 heterocycles. The number of nitro groups is 1. The Balaban J connectivity index is 3.13. The summed E-state index contributed by atoms with van der Waals surface area (Å²) in [6, 6.07) is 0.363. The Bertz CT molecular complexity index is 343. The molecule has 0 bridgehead atoms. The zero-order valence-electron chi connectivity index (χ0n) is 6.08. The summed E-state index contributed by atoms with van der Waals surface area (Å²) in [4.78, 5) is 12.1. The number of alkyl halides is 2. The summed E-state index contributed by atoms with van der Waals surface area (Å²) in [5.41, 5.74) is -0.939. The highest BCUT2D eigenvalue weighted by Crippen LogP contribution is 2.22. The second kappa shape index (κ2) is 3.38. The minimum Gasteiger partial charge on any atom is -0.358 e. The van der Waals surface area contributed by atoms with Gasteiger partial charge in [-0.05, 0) is 9.91 Å². The van der Waals surface area contributed by atoms with E-state index in [-0.39, 0.29) is 0 Å². The number of nitrogens with zero attached hydrogens (tertiary/aromatic N) is 2. The molecule has 0 fully saturated rings. The first kappa shape index (κ1) is 9.43. The summed E-state index contributed by atoms with van der Waals surface area (Å²) in [6.45, 7) is 0. The molecule has 0 aliphatic heterocycles. The van der Waals surface area contributed by atoms with Crippen molar-refractivity contribution in [1.29, 1.82) is 0 Å². The number of rotatable bonds is 2. The van der Waals surface area contributed by atoms with Crippen LogP contribution in [0.3, 0.4) is 0 Å². The van der Waals surface area contributed by atoms with E-state index in [4.69, 9.17) is 0 Å². The minimum atomic E-state index is -3.02. The number of aromatic nitrogens is 1. The van der Waals surface area contributed by atoms with Gasteiger partial charge in [0.1, 0.15) is 5.82 Å². The van der Waals surface area contributed by atoms with Crippen molar-refractivity contribution in [3.8, 4) is 0 Å². The van der Waals surface area contributed by atoms with Crippen LogP contribution < -0.4 is 0 Å². The molecule has 4 nitrogen and oxygen atoms in total. The molecule has 0 unspecified atom stereocenters. The van der Waals surface area contributed by atoms with Gasteiger partial charge in [0.15, 0.2) is 6.20 Å². The lowest BCUT2D eigenvalue weighted by Gasteiger charge is -1.97. The topological polar surface area (TPSA) is 56.0 Å². The molecule has 70 valence electrons. The first-order valence-corrected chi connectivity index (χ1v) is 3.10. The maximum atomic E-state index is 12.6. The van der Waals surface area contributed by atoms with Crippen LogP contribution in [0.25, 0.3) is 0 Å². The second-order valence-electron chi connectivity index (χ2n) is 2.12. The van der Waals surface area contributed by atoms with Crippen molar-refractivity contribution in [2.24, 2.45) is 0 Å². The highest BCUT2D eigenvalue weighted by molar-refractivity contribution is 5.25. The van der Waals surface area contributed by atoms with Crippen LogP contribution in [0.2, 0.25) is 0 Å². The van der Waals surface area contributed by atoms with Crippen LogP contribution >= 0.6 is 0 Å². The molecule has 0 amide bonds. The van der Waals surface area contributed by atoms with Crippen LogP contribution in [-0.2, 0) is 0 Å². The van der Waals surface area contributed by atoms with Gasteiger partial charge in [0.2, 0.25) is 0 Å². The quantitative estimate of drug-likeness (QED) is 0.532. The second-order valence-corrected chi connectivity index (χ2v) is 2.12. The molecule has 0 saturated carbocycles. The Morgan fingerprint density at radius 2 is 2.15 bits per heavy atom. The Labute approximate surface area is 70.2 Å². The largest absolute Gasteiger partial charge is 0.366 e. The normalized spacial score (nSPS) is 10.5. The molecule has 0 radical (unpaired) electrons. The molecule has 0 spiro atoms. The van der Waals surface area contributed by atoms with Crippen LogP contribution in [-0.4, -0.2) is 9.91 Å². The van der Waals surface area contributed by atoms with Crippen molar-refractivity contribution in [2.75, 3.05) is 0 Å². The highest BCUT2D eigenvalue weighted by atomic mass is 19.3. The third kappa shape index (κ3) is 1.92. The molecule has 0 N–H and O–H groups in total. The SMILES string of the molecule is O=[N+]([O-])c1cc(F)c(C(F)F)cn1. The lowest BCUT2D eigenvalue weighted by atomic mass is 10.3. The molecule has 0 aliphatic rings. The zero-order valence-corrected chi connectivity index (χ0v) is 6.08. The van der Waals surface area contributed by atoms with Crippen molar-refractivity contribution >= 4 is 5.82 Å². The molecule has 0 aliphatic carbocycles. The van der Waals surface area contributed by atoms with Crippen molar-refractivity contribution in [3.63, 3.8) is 0 Å². The molecule has 1 rings (SSSR count). The van der Waals surface area contributed by atoms with Gasteiger partial charge in [0.25, 0.3) is 6.43 Å². The predicted molar refractivity (Wildman–Crippen MR) is 35.8 cm³/mol. The Morgan fingerprint density at radius 1 is 1.54 bits per heavy atom. The fourth-order valence-corrected chi connectivity index (χ4v) is 0.692. The van der Waals surface area contributed by atoms with Crippen LogP contribution in [0.1, 0.15) is 12.0 Å². The summed E-state index contributed by atoms with van der Waals surface area (Å²) in [5.74, 6) is -2.11. The molecule has 0 saturated heterocycles. The Kier molecular flexibility index (Phi) is 2.45. The standard InChI is InChI=1S/C6H3F3N2O2/c7-4-1-5(11(12)13)10-2-3(4)6(8)9/h1-2,6H. The Morgan fingerprint density at radius 3 is 2.54 bits per heavy atom. The van der Waals surface area contributed by atoms with E-state index < -0.39 is 28.5 Å². The molecular formula is C6H3F3N2O2. The Hall–Kier alpha value is -1.66. The first-order valence-electron chi connectivity index (χ1n) is 3.10. The number of halogens is 3. The summed E-state index contributed by atoms with van der Waals surface area (Å²) < 4.78 is 36.5. The lowest BCUT2D eigenvalue weighted by molar-refractivity contribution is -0.389. The fourth-order valence-electron chi connectivity index (χ4n) is 0.692. The van der Waals surface area contributed by atoms with Gasteiger partial charge < -0.3 is 10.1 Å². The lowest BCUT2D eigenvalue weighted by Crippen LogP contribution is -1.97. The van der Waals surface area contributed by atoms with Gasteiger partial charge in [0.05, 0.1) is 11.6 Å². The van der Waals surface area contributed by atoms with Gasteiger partial charge in [-0.25, -0.2) is 13.2 Å². The molecular weight excluding hydrogens is 189 g/mol. The molecule has 1 aromatic heterocycles. The van der Waals surface area contributed by atoms with Crippen molar-refractivity contribution in [3.05, 3.63) is 33.8 Å². The number of hydrogen-bond donors (Lipinski definition) is 0. The van der Waals surface area contributed by atoms with E-state index in [2.05, 4.69) is 4.98 Å². The van der Waals surface area contributed by atoms with E-state index in [9.17, 15) is 23.3 Å². The first-order chi connectivity index (χ1) is 6.02. The van der Waals surface area contributed by atoms with E-state index in [0.29, 0.717) is 12.3 Å². The summed E-state index contributed by atoms with van der Waals surface area (Å²) in [6.07, 6.45) is -2.56. The average molecular weight is 192 g/mol. The molecule has 13 heavy (non-hydrogen) atoms. The van der Waals surface area contributed by atoms with Crippen LogP contribution in [0.4, 0.5) is 19.0 Å². The van der Waals surface area contributed by atoms with Crippen molar-refractivity contribution in [2.45, 2.75) is 6.43 Å². The third-order valence-corrected chi connectivity index (χ3v) is 1.29. The van der Waals surface area contributed by atoms with Crippen LogP contribution in [0.15, 0.2) is 12.3 Å². The van der Waals surface area contributed by atoms with Gasteiger partial charge in [-0.15, -0.1) is 0 Å². The molecule has 7 heteroatoms.